The number of ketones is 2. The lowest BCUT2D eigenvalue weighted by atomic mass is 9.87. The van der Waals surface area contributed by atoms with E-state index in [2.05, 4.69) is 0 Å². The maximum atomic E-state index is 11.5. The molecule has 0 heterocycles. The summed E-state index contributed by atoms with van der Waals surface area (Å²) in [5.41, 5.74) is 6.49. The first-order valence-corrected chi connectivity index (χ1v) is 4.12. The zero-order valence-electron chi connectivity index (χ0n) is 6.99. The summed E-state index contributed by atoms with van der Waals surface area (Å²) >= 11 is 0. The molecule has 1 aliphatic carbocycles. The van der Waals surface area contributed by atoms with E-state index in [4.69, 9.17) is 5.73 Å². The number of hydrogen-bond acceptors (Lipinski definition) is 3. The van der Waals surface area contributed by atoms with Gasteiger partial charge in [-0.1, -0.05) is 24.3 Å². The summed E-state index contributed by atoms with van der Waals surface area (Å²) in [6, 6.07) is 6.15. The zero-order valence-corrected chi connectivity index (χ0v) is 6.99. The van der Waals surface area contributed by atoms with E-state index in [1.807, 2.05) is 0 Å². The molecule has 1 atom stereocenters. The number of benzene rings is 1. The van der Waals surface area contributed by atoms with Crippen LogP contribution in [-0.2, 0) is 0 Å². The van der Waals surface area contributed by atoms with E-state index in [0.29, 0.717) is 11.1 Å². The first-order chi connectivity index (χ1) is 6.20. The zero-order chi connectivity index (χ0) is 9.42. The maximum absolute atomic E-state index is 11.5. The molecule has 0 spiro atoms. The molecular formula is C10H9NO2. The molecule has 0 aliphatic heterocycles. The van der Waals surface area contributed by atoms with E-state index in [0.717, 1.165) is 0 Å². The predicted molar refractivity (Wildman–Crippen MR) is 47.7 cm³/mol. The van der Waals surface area contributed by atoms with E-state index in [1.54, 1.807) is 24.3 Å². The lowest BCUT2D eigenvalue weighted by Crippen LogP contribution is -2.37. The Balaban J connectivity index is 2.60. The first kappa shape index (κ1) is 8.13. The summed E-state index contributed by atoms with van der Waals surface area (Å²) < 4.78 is 0. The molecular weight excluding hydrogens is 166 g/mol. The van der Waals surface area contributed by atoms with Crippen LogP contribution >= 0.6 is 0 Å². The highest BCUT2D eigenvalue weighted by Crippen LogP contribution is 2.19. The molecule has 1 aromatic carbocycles. The monoisotopic (exact) mass is 175 g/mol. The molecule has 13 heavy (non-hydrogen) atoms. The van der Waals surface area contributed by atoms with Crippen LogP contribution in [0, 0.1) is 0 Å². The summed E-state index contributed by atoms with van der Waals surface area (Å²) in [5.74, 6) is -0.169. The van der Waals surface area contributed by atoms with Gasteiger partial charge in [0.05, 0.1) is 6.04 Å². The highest BCUT2D eigenvalue weighted by molar-refractivity contribution is 6.16. The van der Waals surface area contributed by atoms with Gasteiger partial charge in [0.25, 0.3) is 0 Å². The predicted octanol–water partition coefficient (Wildman–Crippen LogP) is 0.783. The molecule has 0 fully saturated rings. The van der Waals surface area contributed by atoms with Gasteiger partial charge in [-0.05, 0) is 0 Å². The summed E-state index contributed by atoms with van der Waals surface area (Å²) in [5, 5.41) is 0. The van der Waals surface area contributed by atoms with Gasteiger partial charge in [0.15, 0.2) is 11.6 Å². The van der Waals surface area contributed by atoms with Crippen molar-refractivity contribution in [1.29, 1.82) is 0 Å². The van der Waals surface area contributed by atoms with E-state index >= 15 is 0 Å². The fraction of sp³-hybridized carbons (Fsp3) is 0.200. The molecule has 0 aromatic heterocycles. The Morgan fingerprint density at radius 1 is 1.15 bits per heavy atom. The summed E-state index contributed by atoms with van der Waals surface area (Å²) in [7, 11) is 0. The molecule has 1 aromatic rings. The molecule has 0 amide bonds. The number of fused-ring (bicyclic) bond motifs is 1. The topological polar surface area (TPSA) is 60.2 Å². The Morgan fingerprint density at radius 2 is 1.77 bits per heavy atom. The first-order valence-electron chi connectivity index (χ1n) is 4.12. The minimum atomic E-state index is -0.651. The SMILES string of the molecule is N[C@H]1CC(=O)c2ccccc2C1=O. The normalized spacial score (nSPS) is 21.5. The van der Waals surface area contributed by atoms with Crippen LogP contribution in [0.1, 0.15) is 27.1 Å². The number of carbonyl (C=O) groups excluding carboxylic acids is 2. The fourth-order valence-corrected chi connectivity index (χ4v) is 1.54. The average molecular weight is 175 g/mol. The number of rotatable bonds is 0. The van der Waals surface area contributed by atoms with E-state index in [1.165, 1.54) is 0 Å². The molecule has 3 nitrogen and oxygen atoms in total. The smallest absolute Gasteiger partial charge is 0.180 e. The highest BCUT2D eigenvalue weighted by Gasteiger charge is 2.29. The number of hydrogen-bond donors (Lipinski definition) is 1. The molecule has 0 unspecified atom stereocenters. The van der Waals surface area contributed by atoms with Crippen molar-refractivity contribution < 1.29 is 9.59 Å². The second kappa shape index (κ2) is 2.78. The quantitative estimate of drug-likeness (QED) is 0.634. The van der Waals surface area contributed by atoms with Crippen LogP contribution in [0.4, 0.5) is 0 Å². The third-order valence-electron chi connectivity index (χ3n) is 2.24. The van der Waals surface area contributed by atoms with Crippen LogP contribution in [0.2, 0.25) is 0 Å². The van der Waals surface area contributed by atoms with Gasteiger partial charge in [-0.2, -0.15) is 0 Å². The van der Waals surface area contributed by atoms with Gasteiger partial charge in [-0.25, -0.2) is 0 Å². The van der Waals surface area contributed by atoms with Crippen LogP contribution in [0.25, 0.3) is 0 Å². The van der Waals surface area contributed by atoms with E-state index in [-0.39, 0.29) is 18.0 Å². The second-order valence-electron chi connectivity index (χ2n) is 3.14. The van der Waals surface area contributed by atoms with Crippen molar-refractivity contribution >= 4 is 11.6 Å². The van der Waals surface area contributed by atoms with Crippen molar-refractivity contribution in [2.75, 3.05) is 0 Å². The Bertz CT molecular complexity index is 384. The third-order valence-corrected chi connectivity index (χ3v) is 2.24. The molecule has 0 saturated heterocycles. The second-order valence-corrected chi connectivity index (χ2v) is 3.14. The van der Waals surface area contributed by atoms with Gasteiger partial charge >= 0.3 is 0 Å². The number of Topliss-reactive ketones (excluding diaryl/α,β-unsaturated/α-hetero) is 2. The molecule has 0 radical (unpaired) electrons. The third kappa shape index (κ3) is 1.17. The van der Waals surface area contributed by atoms with E-state index in [9.17, 15) is 9.59 Å². The van der Waals surface area contributed by atoms with Gasteiger partial charge < -0.3 is 5.73 Å². The molecule has 0 bridgehead atoms. The summed E-state index contributed by atoms with van der Waals surface area (Å²) in [4.78, 5) is 22.9. The molecule has 2 rings (SSSR count). The largest absolute Gasteiger partial charge is 0.321 e. The van der Waals surface area contributed by atoms with Crippen LogP contribution in [0.3, 0.4) is 0 Å². The van der Waals surface area contributed by atoms with Gasteiger partial charge in [-0.15, -0.1) is 0 Å². The Labute approximate surface area is 75.5 Å². The standard InChI is InChI=1S/C10H9NO2/c11-8-5-9(12)6-3-1-2-4-7(6)10(8)13/h1-4,8H,5,11H2/t8-/m0/s1. The van der Waals surface area contributed by atoms with Gasteiger partial charge in [0.1, 0.15) is 0 Å². The van der Waals surface area contributed by atoms with Crippen LogP contribution in [-0.4, -0.2) is 17.6 Å². The molecule has 66 valence electrons. The van der Waals surface area contributed by atoms with E-state index < -0.39 is 6.04 Å². The van der Waals surface area contributed by atoms with Crippen molar-refractivity contribution in [3.05, 3.63) is 35.4 Å². The van der Waals surface area contributed by atoms with Crippen LogP contribution < -0.4 is 5.73 Å². The number of carbonyl (C=O) groups is 2. The van der Waals surface area contributed by atoms with Crippen LogP contribution in [0.15, 0.2) is 24.3 Å². The highest BCUT2D eigenvalue weighted by atomic mass is 16.1. The maximum Gasteiger partial charge on any atom is 0.180 e. The van der Waals surface area contributed by atoms with Gasteiger partial charge in [0.2, 0.25) is 0 Å². The van der Waals surface area contributed by atoms with Gasteiger partial charge in [-0.3, -0.25) is 9.59 Å². The van der Waals surface area contributed by atoms with Crippen molar-refractivity contribution in [2.24, 2.45) is 5.73 Å². The Hall–Kier alpha value is -1.48. The molecule has 2 N–H and O–H groups in total. The van der Waals surface area contributed by atoms with Gasteiger partial charge in [0, 0.05) is 17.5 Å². The Kier molecular flexibility index (Phi) is 1.74. The summed E-state index contributed by atoms with van der Waals surface area (Å²) in [6.07, 6.45) is 0.135. The Morgan fingerprint density at radius 3 is 2.46 bits per heavy atom. The van der Waals surface area contributed by atoms with Crippen molar-refractivity contribution in [2.45, 2.75) is 12.5 Å². The summed E-state index contributed by atoms with van der Waals surface area (Å²) in [6.45, 7) is 0. The lowest BCUT2D eigenvalue weighted by Gasteiger charge is -2.18. The molecule has 3 heteroatoms. The van der Waals surface area contributed by atoms with Crippen LogP contribution in [0.5, 0.6) is 0 Å². The average Bonchev–Trinajstić information content (AvgIpc) is 2.15. The van der Waals surface area contributed by atoms with Crippen molar-refractivity contribution in [3.8, 4) is 0 Å². The molecule has 0 saturated carbocycles. The fourth-order valence-electron chi connectivity index (χ4n) is 1.54. The lowest BCUT2D eigenvalue weighted by molar-refractivity contribution is 0.0868. The van der Waals surface area contributed by atoms with Crippen molar-refractivity contribution in [1.82, 2.24) is 0 Å². The van der Waals surface area contributed by atoms with Crippen molar-refractivity contribution in [3.63, 3.8) is 0 Å². The minimum Gasteiger partial charge on any atom is -0.321 e. The number of nitrogens with two attached hydrogens (primary N) is 1. The molecule has 1 aliphatic rings. The minimum absolute atomic E-state index is 0.0392.